The van der Waals surface area contributed by atoms with Crippen LogP contribution in [0.15, 0.2) is 5.38 Å². The van der Waals surface area contributed by atoms with Crippen molar-refractivity contribution < 1.29 is 0 Å². The predicted molar refractivity (Wildman–Crippen MR) is 88.5 cm³/mol. The van der Waals surface area contributed by atoms with Gasteiger partial charge in [0.25, 0.3) is 0 Å². The van der Waals surface area contributed by atoms with Crippen LogP contribution in [0.4, 0.5) is 0 Å². The molecule has 1 aliphatic rings. The number of thiazole rings is 1. The SMILES string of the molecule is CCNC(Cc1nc(C(C)(C)C)cs1)C1CCCC1C. The molecule has 1 aliphatic carbocycles. The Morgan fingerprint density at radius 2 is 2.15 bits per heavy atom. The van der Waals surface area contributed by atoms with E-state index in [0.717, 1.165) is 24.8 Å². The summed E-state index contributed by atoms with van der Waals surface area (Å²) in [7, 11) is 0. The fraction of sp³-hybridized carbons (Fsp3) is 0.824. The lowest BCUT2D eigenvalue weighted by Crippen LogP contribution is -2.39. The Hall–Kier alpha value is -0.410. The Morgan fingerprint density at radius 1 is 1.40 bits per heavy atom. The van der Waals surface area contributed by atoms with Crippen molar-refractivity contribution in [1.29, 1.82) is 0 Å². The summed E-state index contributed by atoms with van der Waals surface area (Å²) in [5.74, 6) is 1.69. The molecule has 0 bridgehead atoms. The van der Waals surface area contributed by atoms with Crippen LogP contribution in [-0.2, 0) is 11.8 Å². The molecule has 1 N–H and O–H groups in total. The molecule has 2 nitrogen and oxygen atoms in total. The van der Waals surface area contributed by atoms with Crippen molar-refractivity contribution in [2.75, 3.05) is 6.54 Å². The zero-order valence-electron chi connectivity index (χ0n) is 13.7. The molecule has 0 spiro atoms. The fourth-order valence-electron chi connectivity index (χ4n) is 3.35. The smallest absolute Gasteiger partial charge is 0.0944 e. The van der Waals surface area contributed by atoms with E-state index in [1.165, 1.54) is 30.0 Å². The fourth-order valence-corrected chi connectivity index (χ4v) is 4.43. The molecule has 1 saturated carbocycles. The van der Waals surface area contributed by atoms with E-state index in [1.807, 2.05) is 11.3 Å². The summed E-state index contributed by atoms with van der Waals surface area (Å²) in [6, 6.07) is 0.608. The Balaban J connectivity index is 2.06. The number of hydrogen-bond acceptors (Lipinski definition) is 3. The summed E-state index contributed by atoms with van der Waals surface area (Å²) < 4.78 is 0. The summed E-state index contributed by atoms with van der Waals surface area (Å²) in [6.07, 6.45) is 5.29. The van der Waals surface area contributed by atoms with Crippen molar-refractivity contribution in [2.45, 2.75) is 71.8 Å². The summed E-state index contributed by atoms with van der Waals surface area (Å²) in [4.78, 5) is 4.88. The molecule has 0 amide bonds. The van der Waals surface area contributed by atoms with Crippen molar-refractivity contribution in [2.24, 2.45) is 11.8 Å². The second kappa shape index (κ2) is 6.57. The van der Waals surface area contributed by atoms with Crippen LogP contribution in [0, 0.1) is 11.8 Å². The third-order valence-electron chi connectivity index (χ3n) is 4.63. The average molecular weight is 295 g/mol. The highest BCUT2D eigenvalue weighted by molar-refractivity contribution is 7.09. The number of nitrogens with one attached hydrogen (secondary N) is 1. The monoisotopic (exact) mass is 294 g/mol. The Kier molecular flexibility index (Phi) is 5.25. The molecule has 3 heteroatoms. The normalized spacial score (nSPS) is 25.1. The van der Waals surface area contributed by atoms with Gasteiger partial charge in [-0.15, -0.1) is 11.3 Å². The molecule has 1 fully saturated rings. The van der Waals surface area contributed by atoms with Crippen molar-refractivity contribution in [3.63, 3.8) is 0 Å². The molecule has 3 atom stereocenters. The Labute approximate surface area is 128 Å². The van der Waals surface area contributed by atoms with Crippen molar-refractivity contribution >= 4 is 11.3 Å². The maximum Gasteiger partial charge on any atom is 0.0944 e. The maximum absolute atomic E-state index is 4.88. The number of rotatable bonds is 5. The van der Waals surface area contributed by atoms with Crippen molar-refractivity contribution in [1.82, 2.24) is 10.3 Å². The molecular weight excluding hydrogens is 264 g/mol. The van der Waals surface area contributed by atoms with Crippen LogP contribution in [0.1, 0.15) is 64.6 Å². The van der Waals surface area contributed by atoms with Crippen LogP contribution >= 0.6 is 11.3 Å². The highest BCUT2D eigenvalue weighted by Crippen LogP contribution is 2.35. The molecule has 1 aromatic rings. The number of likely N-dealkylation sites (N-methyl/N-ethyl adjacent to an activating group) is 1. The zero-order valence-corrected chi connectivity index (χ0v) is 14.5. The van der Waals surface area contributed by atoms with Crippen LogP contribution in [0.3, 0.4) is 0 Å². The van der Waals surface area contributed by atoms with Gasteiger partial charge in [-0.25, -0.2) is 4.98 Å². The van der Waals surface area contributed by atoms with Gasteiger partial charge in [0.2, 0.25) is 0 Å². The summed E-state index contributed by atoms with van der Waals surface area (Å²) in [6.45, 7) is 12.4. The minimum absolute atomic E-state index is 0.170. The lowest BCUT2D eigenvalue weighted by Gasteiger charge is -2.27. The lowest BCUT2D eigenvalue weighted by atomic mass is 9.88. The van der Waals surface area contributed by atoms with E-state index in [4.69, 9.17) is 4.98 Å². The van der Waals surface area contributed by atoms with Gasteiger partial charge in [0, 0.05) is 23.3 Å². The van der Waals surface area contributed by atoms with Gasteiger partial charge >= 0.3 is 0 Å². The average Bonchev–Trinajstić information content (AvgIpc) is 2.96. The van der Waals surface area contributed by atoms with Crippen molar-refractivity contribution in [3.8, 4) is 0 Å². The maximum atomic E-state index is 4.88. The largest absolute Gasteiger partial charge is 0.314 e. The highest BCUT2D eigenvalue weighted by atomic mass is 32.1. The molecule has 0 aliphatic heterocycles. The van der Waals surface area contributed by atoms with Crippen LogP contribution in [0.5, 0.6) is 0 Å². The van der Waals surface area contributed by atoms with Crippen LogP contribution in [0.25, 0.3) is 0 Å². The number of hydrogen-bond donors (Lipinski definition) is 1. The summed E-state index contributed by atoms with van der Waals surface area (Å²) in [5.41, 5.74) is 1.41. The highest BCUT2D eigenvalue weighted by Gasteiger charge is 2.31. The van der Waals surface area contributed by atoms with Crippen LogP contribution in [0.2, 0.25) is 0 Å². The van der Waals surface area contributed by atoms with Gasteiger partial charge in [-0.1, -0.05) is 47.5 Å². The molecule has 1 aromatic heterocycles. The van der Waals surface area contributed by atoms with E-state index >= 15 is 0 Å². The lowest BCUT2D eigenvalue weighted by molar-refractivity contribution is 0.298. The molecule has 0 aromatic carbocycles. The van der Waals surface area contributed by atoms with Gasteiger partial charge in [-0.3, -0.25) is 0 Å². The van der Waals surface area contributed by atoms with Gasteiger partial charge in [0.1, 0.15) is 0 Å². The third-order valence-corrected chi connectivity index (χ3v) is 5.50. The predicted octanol–water partition coefficient (Wildman–Crippen LogP) is 4.40. The number of aromatic nitrogens is 1. The van der Waals surface area contributed by atoms with Crippen LogP contribution < -0.4 is 5.32 Å². The van der Waals surface area contributed by atoms with Crippen LogP contribution in [-0.4, -0.2) is 17.6 Å². The second-order valence-electron chi connectivity index (χ2n) is 7.32. The first-order valence-electron chi connectivity index (χ1n) is 8.10. The zero-order chi connectivity index (χ0) is 14.8. The Bertz CT molecular complexity index is 419. The van der Waals surface area contributed by atoms with E-state index in [1.54, 1.807) is 0 Å². The minimum atomic E-state index is 0.170. The second-order valence-corrected chi connectivity index (χ2v) is 8.26. The summed E-state index contributed by atoms with van der Waals surface area (Å²) >= 11 is 1.84. The summed E-state index contributed by atoms with van der Waals surface area (Å²) in [5, 5.41) is 7.27. The van der Waals surface area contributed by atoms with E-state index in [9.17, 15) is 0 Å². The van der Waals surface area contributed by atoms with E-state index in [2.05, 4.69) is 45.3 Å². The molecule has 3 unspecified atom stereocenters. The van der Waals surface area contributed by atoms with Gasteiger partial charge in [-0.2, -0.15) is 0 Å². The van der Waals surface area contributed by atoms with Gasteiger partial charge in [-0.05, 0) is 24.8 Å². The molecule has 0 saturated heterocycles. The molecule has 20 heavy (non-hydrogen) atoms. The molecule has 2 rings (SSSR count). The first-order chi connectivity index (χ1) is 9.41. The van der Waals surface area contributed by atoms with Crippen molar-refractivity contribution in [3.05, 3.63) is 16.1 Å². The molecule has 0 radical (unpaired) electrons. The van der Waals surface area contributed by atoms with Gasteiger partial charge in [0.05, 0.1) is 10.7 Å². The topological polar surface area (TPSA) is 24.9 Å². The quantitative estimate of drug-likeness (QED) is 0.871. The van der Waals surface area contributed by atoms with Gasteiger partial charge < -0.3 is 5.32 Å². The minimum Gasteiger partial charge on any atom is -0.314 e. The van der Waals surface area contributed by atoms with E-state index in [-0.39, 0.29) is 5.41 Å². The van der Waals surface area contributed by atoms with E-state index < -0.39 is 0 Å². The molecular formula is C17H30N2S. The standard InChI is InChI=1S/C17H30N2S/c1-6-18-14(13-9-7-8-12(13)2)10-16-19-15(11-20-16)17(3,4)5/h11-14,18H,6-10H2,1-5H3. The molecule has 1 heterocycles. The number of nitrogens with zero attached hydrogens (tertiary/aromatic N) is 1. The van der Waals surface area contributed by atoms with Gasteiger partial charge in [0.15, 0.2) is 0 Å². The first-order valence-corrected chi connectivity index (χ1v) is 8.98. The van der Waals surface area contributed by atoms with E-state index in [0.29, 0.717) is 6.04 Å². The third kappa shape index (κ3) is 3.82. The molecule has 114 valence electrons. The first kappa shape index (κ1) is 16.0. The Morgan fingerprint density at radius 3 is 2.65 bits per heavy atom.